The summed E-state index contributed by atoms with van der Waals surface area (Å²) in [5.41, 5.74) is 1.33. The summed E-state index contributed by atoms with van der Waals surface area (Å²) in [4.78, 5) is 14.1. The number of benzene rings is 2. The summed E-state index contributed by atoms with van der Waals surface area (Å²) in [5, 5.41) is 13.2. The first-order chi connectivity index (χ1) is 11.4. The summed E-state index contributed by atoms with van der Waals surface area (Å²) in [5.74, 6) is 0.555. The van der Waals surface area contributed by atoms with Gasteiger partial charge in [0.2, 0.25) is 0 Å². The summed E-state index contributed by atoms with van der Waals surface area (Å²) in [6, 6.07) is 9.72. The molecule has 1 unspecified atom stereocenters. The van der Waals surface area contributed by atoms with Crippen molar-refractivity contribution in [3.05, 3.63) is 52.0 Å². The third kappa shape index (κ3) is 3.52. The van der Waals surface area contributed by atoms with Crippen LogP contribution in [0.25, 0.3) is 0 Å². The SMILES string of the molecule is CN1c2ccc(O)cc2OC1CCNC(=O)c1cc(Cl)cc(Cl)c1. The van der Waals surface area contributed by atoms with Crippen LogP contribution >= 0.6 is 23.2 Å². The number of aromatic hydroxyl groups is 1. The number of amides is 1. The summed E-state index contributed by atoms with van der Waals surface area (Å²) in [6.45, 7) is 0.429. The summed E-state index contributed by atoms with van der Waals surface area (Å²) in [6.07, 6.45) is 0.386. The van der Waals surface area contributed by atoms with Crippen molar-refractivity contribution in [2.75, 3.05) is 18.5 Å². The molecule has 0 saturated carbocycles. The standard InChI is InChI=1S/C17H16Cl2N2O3/c1-21-14-3-2-13(22)9-15(14)24-16(21)4-5-20-17(23)10-6-11(18)8-12(19)7-10/h2-3,6-9,16,22H,4-5H2,1H3,(H,20,23). The first-order valence-corrected chi connectivity index (χ1v) is 8.16. The number of hydrogen-bond donors (Lipinski definition) is 2. The van der Waals surface area contributed by atoms with E-state index in [1.165, 1.54) is 0 Å². The Morgan fingerprint density at radius 3 is 2.67 bits per heavy atom. The molecule has 3 rings (SSSR count). The molecule has 24 heavy (non-hydrogen) atoms. The van der Waals surface area contributed by atoms with E-state index >= 15 is 0 Å². The molecule has 0 radical (unpaired) electrons. The first-order valence-electron chi connectivity index (χ1n) is 7.41. The van der Waals surface area contributed by atoms with E-state index in [0.717, 1.165) is 5.69 Å². The molecule has 2 aromatic rings. The first kappa shape index (κ1) is 16.7. The lowest BCUT2D eigenvalue weighted by Crippen LogP contribution is -2.35. The number of anilines is 1. The zero-order valence-electron chi connectivity index (χ0n) is 12.9. The van der Waals surface area contributed by atoms with E-state index in [1.54, 1.807) is 36.4 Å². The zero-order chi connectivity index (χ0) is 17.3. The number of halogens is 2. The van der Waals surface area contributed by atoms with Gasteiger partial charge in [0.05, 0.1) is 5.69 Å². The van der Waals surface area contributed by atoms with Gasteiger partial charge in [0, 0.05) is 41.7 Å². The molecular formula is C17H16Cl2N2O3. The largest absolute Gasteiger partial charge is 0.508 e. The van der Waals surface area contributed by atoms with Crippen molar-refractivity contribution in [1.29, 1.82) is 0 Å². The van der Waals surface area contributed by atoms with Crippen molar-refractivity contribution < 1.29 is 14.6 Å². The zero-order valence-corrected chi connectivity index (χ0v) is 14.4. The molecule has 0 bridgehead atoms. The Bertz CT molecular complexity index is 762. The number of phenolic OH excluding ortho intramolecular Hbond substituents is 1. The molecular weight excluding hydrogens is 351 g/mol. The van der Waals surface area contributed by atoms with Gasteiger partial charge in [0.25, 0.3) is 5.91 Å². The van der Waals surface area contributed by atoms with Crippen LogP contribution in [-0.2, 0) is 0 Å². The lowest BCUT2D eigenvalue weighted by molar-refractivity contribution is 0.0947. The number of carbonyl (C=O) groups is 1. The van der Waals surface area contributed by atoms with Crippen molar-refractivity contribution in [2.24, 2.45) is 0 Å². The van der Waals surface area contributed by atoms with Gasteiger partial charge in [-0.1, -0.05) is 23.2 Å². The van der Waals surface area contributed by atoms with Gasteiger partial charge in [0.15, 0.2) is 6.23 Å². The maximum atomic E-state index is 12.2. The number of rotatable bonds is 4. The predicted molar refractivity (Wildman–Crippen MR) is 94.3 cm³/mol. The fourth-order valence-electron chi connectivity index (χ4n) is 2.62. The van der Waals surface area contributed by atoms with Crippen molar-refractivity contribution in [3.8, 4) is 11.5 Å². The third-order valence-electron chi connectivity index (χ3n) is 3.82. The van der Waals surface area contributed by atoms with Crippen molar-refractivity contribution in [1.82, 2.24) is 5.32 Å². The van der Waals surface area contributed by atoms with Crippen LogP contribution in [0.2, 0.25) is 10.0 Å². The summed E-state index contributed by atoms with van der Waals surface area (Å²) >= 11 is 11.8. The molecule has 0 spiro atoms. The van der Waals surface area contributed by atoms with Crippen LogP contribution in [0.5, 0.6) is 11.5 Å². The van der Waals surface area contributed by atoms with E-state index < -0.39 is 0 Å². The van der Waals surface area contributed by atoms with Gasteiger partial charge in [-0.3, -0.25) is 4.79 Å². The van der Waals surface area contributed by atoms with Crippen LogP contribution in [0.4, 0.5) is 5.69 Å². The highest BCUT2D eigenvalue weighted by Crippen LogP contribution is 2.39. The Labute approximate surface area is 149 Å². The highest BCUT2D eigenvalue weighted by molar-refractivity contribution is 6.35. The average Bonchev–Trinajstić information content (AvgIpc) is 2.82. The topological polar surface area (TPSA) is 61.8 Å². The van der Waals surface area contributed by atoms with Crippen LogP contribution in [0.15, 0.2) is 36.4 Å². The molecule has 1 amide bonds. The maximum Gasteiger partial charge on any atom is 0.251 e. The number of hydrogen-bond acceptors (Lipinski definition) is 4. The molecule has 1 aliphatic heterocycles. The van der Waals surface area contributed by atoms with Crippen molar-refractivity contribution in [3.63, 3.8) is 0 Å². The Morgan fingerprint density at radius 1 is 1.25 bits per heavy atom. The Morgan fingerprint density at radius 2 is 1.96 bits per heavy atom. The molecule has 1 heterocycles. The average molecular weight is 367 g/mol. The van der Waals surface area contributed by atoms with E-state index in [9.17, 15) is 9.90 Å². The maximum absolute atomic E-state index is 12.2. The molecule has 1 aliphatic rings. The normalized spacial score (nSPS) is 15.8. The molecule has 126 valence electrons. The Hall–Kier alpha value is -2.11. The molecule has 0 saturated heterocycles. The predicted octanol–water partition coefficient (Wildman–Crippen LogP) is 3.67. The molecule has 0 aliphatic carbocycles. The number of fused-ring (bicyclic) bond motifs is 1. The smallest absolute Gasteiger partial charge is 0.251 e. The number of nitrogens with one attached hydrogen (secondary N) is 1. The fourth-order valence-corrected chi connectivity index (χ4v) is 3.14. The molecule has 7 heteroatoms. The second-order valence-corrected chi connectivity index (χ2v) is 6.41. The van der Waals surface area contributed by atoms with E-state index in [1.807, 2.05) is 11.9 Å². The van der Waals surface area contributed by atoms with E-state index in [-0.39, 0.29) is 17.9 Å². The molecule has 0 fully saturated rings. The third-order valence-corrected chi connectivity index (χ3v) is 4.26. The molecule has 0 aromatic heterocycles. The van der Waals surface area contributed by atoms with Gasteiger partial charge in [-0.15, -0.1) is 0 Å². The number of phenols is 1. The van der Waals surface area contributed by atoms with E-state index in [2.05, 4.69) is 5.32 Å². The van der Waals surface area contributed by atoms with Gasteiger partial charge in [-0.05, 0) is 30.3 Å². The summed E-state index contributed by atoms with van der Waals surface area (Å²) < 4.78 is 5.80. The molecule has 2 N–H and O–H groups in total. The minimum atomic E-state index is -0.241. The van der Waals surface area contributed by atoms with Crippen LogP contribution in [-0.4, -0.2) is 30.8 Å². The molecule has 5 nitrogen and oxygen atoms in total. The number of nitrogens with zero attached hydrogens (tertiary/aromatic N) is 1. The van der Waals surface area contributed by atoms with Gasteiger partial charge in [-0.25, -0.2) is 0 Å². The number of carbonyl (C=O) groups excluding carboxylic acids is 1. The monoisotopic (exact) mass is 366 g/mol. The lowest BCUT2D eigenvalue weighted by Gasteiger charge is -2.20. The van der Waals surface area contributed by atoms with Gasteiger partial charge < -0.3 is 20.1 Å². The minimum Gasteiger partial charge on any atom is -0.508 e. The second kappa shape index (κ2) is 6.79. The van der Waals surface area contributed by atoms with Crippen molar-refractivity contribution >= 4 is 34.8 Å². The van der Waals surface area contributed by atoms with Crippen LogP contribution < -0.4 is 15.0 Å². The highest BCUT2D eigenvalue weighted by atomic mass is 35.5. The van der Waals surface area contributed by atoms with Crippen LogP contribution in [0.3, 0.4) is 0 Å². The highest BCUT2D eigenvalue weighted by Gasteiger charge is 2.27. The van der Waals surface area contributed by atoms with Crippen LogP contribution in [0, 0.1) is 0 Å². The Kier molecular flexibility index (Phi) is 4.73. The van der Waals surface area contributed by atoms with Crippen molar-refractivity contribution in [2.45, 2.75) is 12.6 Å². The Balaban J connectivity index is 1.56. The van der Waals surface area contributed by atoms with E-state index in [4.69, 9.17) is 27.9 Å². The van der Waals surface area contributed by atoms with E-state index in [0.29, 0.717) is 34.3 Å². The minimum absolute atomic E-state index is 0.161. The van der Waals surface area contributed by atoms with Gasteiger partial charge in [0.1, 0.15) is 11.5 Å². The lowest BCUT2D eigenvalue weighted by atomic mass is 10.2. The van der Waals surface area contributed by atoms with Gasteiger partial charge in [-0.2, -0.15) is 0 Å². The van der Waals surface area contributed by atoms with Crippen LogP contribution in [0.1, 0.15) is 16.8 Å². The summed E-state index contributed by atoms with van der Waals surface area (Å²) in [7, 11) is 1.91. The number of ether oxygens (including phenoxy) is 1. The quantitative estimate of drug-likeness (QED) is 0.866. The fraction of sp³-hybridized carbons (Fsp3) is 0.235. The molecule has 2 aromatic carbocycles. The molecule has 1 atom stereocenters. The second-order valence-electron chi connectivity index (χ2n) is 5.54. The van der Waals surface area contributed by atoms with Gasteiger partial charge >= 0.3 is 0 Å².